The molecule has 1 unspecified atom stereocenters. The van der Waals surface area contributed by atoms with E-state index in [4.69, 9.17) is 9.84 Å². The lowest BCUT2D eigenvalue weighted by Gasteiger charge is -2.14. The Morgan fingerprint density at radius 2 is 2.00 bits per heavy atom. The highest BCUT2D eigenvalue weighted by atomic mass is 32.2. The predicted octanol–water partition coefficient (Wildman–Crippen LogP) is -0.790. The van der Waals surface area contributed by atoms with Crippen LogP contribution in [0, 0.1) is 0 Å². The van der Waals surface area contributed by atoms with Crippen LogP contribution < -0.4 is 10.6 Å². The summed E-state index contributed by atoms with van der Waals surface area (Å²) in [7, 11) is -3.27. The van der Waals surface area contributed by atoms with Crippen molar-refractivity contribution in [1.82, 2.24) is 10.6 Å². The number of aliphatic carboxylic acids is 1. The second-order valence-corrected chi connectivity index (χ2v) is 6.17. The molecule has 2 amide bonds. The SMILES string of the molecule is CCOCCNC(=O)NC(CCS(C)(=O)=O)C(=O)O. The van der Waals surface area contributed by atoms with Crippen molar-refractivity contribution in [3.8, 4) is 0 Å². The summed E-state index contributed by atoms with van der Waals surface area (Å²) in [6.07, 6.45) is 0.834. The zero-order chi connectivity index (χ0) is 14.9. The number of nitrogens with one attached hydrogen (secondary N) is 2. The zero-order valence-corrected chi connectivity index (χ0v) is 11.8. The lowest BCUT2D eigenvalue weighted by atomic mass is 10.2. The van der Waals surface area contributed by atoms with Gasteiger partial charge in [-0.25, -0.2) is 18.0 Å². The summed E-state index contributed by atoms with van der Waals surface area (Å²) in [5.41, 5.74) is 0. The molecule has 19 heavy (non-hydrogen) atoms. The smallest absolute Gasteiger partial charge is 0.326 e. The molecule has 3 N–H and O–H groups in total. The van der Waals surface area contributed by atoms with Crippen LogP contribution in [0.5, 0.6) is 0 Å². The second-order valence-electron chi connectivity index (χ2n) is 3.91. The van der Waals surface area contributed by atoms with Crippen molar-refractivity contribution in [2.45, 2.75) is 19.4 Å². The number of sulfone groups is 1. The monoisotopic (exact) mass is 296 g/mol. The molecule has 0 saturated heterocycles. The fraction of sp³-hybridized carbons (Fsp3) is 0.800. The molecule has 0 rings (SSSR count). The molecule has 0 aromatic heterocycles. The Labute approximate surface area is 112 Å². The van der Waals surface area contributed by atoms with E-state index >= 15 is 0 Å². The van der Waals surface area contributed by atoms with Crippen LogP contribution in [-0.4, -0.2) is 63.3 Å². The van der Waals surface area contributed by atoms with E-state index in [1.165, 1.54) is 0 Å². The maximum absolute atomic E-state index is 11.4. The summed E-state index contributed by atoms with van der Waals surface area (Å²) in [6.45, 7) is 2.91. The Bertz CT molecular complexity index is 395. The van der Waals surface area contributed by atoms with Crippen molar-refractivity contribution in [2.24, 2.45) is 0 Å². The highest BCUT2D eigenvalue weighted by molar-refractivity contribution is 7.90. The Morgan fingerprint density at radius 1 is 1.37 bits per heavy atom. The number of rotatable bonds is 9. The Balaban J connectivity index is 4.12. The fourth-order valence-electron chi connectivity index (χ4n) is 1.18. The van der Waals surface area contributed by atoms with Gasteiger partial charge in [0.05, 0.1) is 12.4 Å². The van der Waals surface area contributed by atoms with E-state index in [1.54, 1.807) is 0 Å². The molecule has 8 nitrogen and oxygen atoms in total. The van der Waals surface area contributed by atoms with E-state index in [1.807, 2.05) is 6.92 Å². The minimum absolute atomic E-state index is 0.174. The van der Waals surface area contributed by atoms with Gasteiger partial charge in [0.2, 0.25) is 0 Å². The molecule has 0 saturated carbocycles. The first-order chi connectivity index (χ1) is 8.76. The van der Waals surface area contributed by atoms with Crippen molar-refractivity contribution in [3.05, 3.63) is 0 Å². The van der Waals surface area contributed by atoms with Crippen LogP contribution in [0.2, 0.25) is 0 Å². The Kier molecular flexibility index (Phi) is 8.08. The van der Waals surface area contributed by atoms with Gasteiger partial charge in [-0.2, -0.15) is 0 Å². The molecule has 0 aliphatic carbocycles. The summed E-state index contributed by atoms with van der Waals surface area (Å²) < 4.78 is 26.9. The van der Waals surface area contributed by atoms with Gasteiger partial charge in [-0.15, -0.1) is 0 Å². The molecule has 9 heteroatoms. The number of carboxylic acid groups (broad SMARTS) is 1. The first-order valence-electron chi connectivity index (χ1n) is 5.79. The van der Waals surface area contributed by atoms with Crippen molar-refractivity contribution in [3.63, 3.8) is 0 Å². The number of urea groups is 1. The van der Waals surface area contributed by atoms with E-state index in [9.17, 15) is 18.0 Å². The van der Waals surface area contributed by atoms with Crippen LogP contribution in [0.25, 0.3) is 0 Å². The molecule has 1 atom stereocenters. The highest BCUT2D eigenvalue weighted by Crippen LogP contribution is 1.97. The predicted molar refractivity (Wildman–Crippen MR) is 68.8 cm³/mol. The molecule has 0 aliphatic heterocycles. The van der Waals surface area contributed by atoms with Gasteiger partial charge in [-0.1, -0.05) is 0 Å². The molecule has 0 heterocycles. The van der Waals surface area contributed by atoms with Gasteiger partial charge in [-0.05, 0) is 13.3 Å². The van der Waals surface area contributed by atoms with Crippen LogP contribution in [0.15, 0.2) is 0 Å². The topological polar surface area (TPSA) is 122 Å². The van der Waals surface area contributed by atoms with Crippen LogP contribution in [0.3, 0.4) is 0 Å². The average Bonchev–Trinajstić information content (AvgIpc) is 2.28. The highest BCUT2D eigenvalue weighted by Gasteiger charge is 2.21. The van der Waals surface area contributed by atoms with Gasteiger partial charge in [0, 0.05) is 19.4 Å². The van der Waals surface area contributed by atoms with E-state index in [0.717, 1.165) is 6.26 Å². The number of ether oxygens (including phenoxy) is 1. The molecule has 0 bridgehead atoms. The van der Waals surface area contributed by atoms with E-state index < -0.39 is 27.9 Å². The number of hydrogen-bond acceptors (Lipinski definition) is 5. The average molecular weight is 296 g/mol. The van der Waals surface area contributed by atoms with E-state index in [-0.39, 0.29) is 18.7 Å². The number of carbonyl (C=O) groups is 2. The second kappa shape index (κ2) is 8.70. The molecular weight excluding hydrogens is 276 g/mol. The molecule has 0 aliphatic rings. The van der Waals surface area contributed by atoms with E-state index in [2.05, 4.69) is 10.6 Å². The largest absolute Gasteiger partial charge is 0.480 e. The third-order valence-electron chi connectivity index (χ3n) is 2.12. The lowest BCUT2D eigenvalue weighted by Crippen LogP contribution is -2.47. The minimum Gasteiger partial charge on any atom is -0.480 e. The van der Waals surface area contributed by atoms with E-state index in [0.29, 0.717) is 13.2 Å². The van der Waals surface area contributed by atoms with Crippen molar-refractivity contribution in [2.75, 3.05) is 31.8 Å². The van der Waals surface area contributed by atoms with Crippen LogP contribution in [0.1, 0.15) is 13.3 Å². The number of hydrogen-bond donors (Lipinski definition) is 3. The van der Waals surface area contributed by atoms with Gasteiger partial charge in [-0.3, -0.25) is 0 Å². The van der Waals surface area contributed by atoms with Gasteiger partial charge < -0.3 is 20.5 Å². The number of amides is 2. The maximum atomic E-state index is 11.4. The Morgan fingerprint density at radius 3 is 2.47 bits per heavy atom. The van der Waals surface area contributed by atoms with Gasteiger partial charge in [0.25, 0.3) is 0 Å². The minimum atomic E-state index is -3.27. The summed E-state index contributed by atoms with van der Waals surface area (Å²) >= 11 is 0. The molecule has 112 valence electrons. The summed E-state index contributed by atoms with van der Waals surface area (Å²) in [5.74, 6) is -1.58. The quantitative estimate of drug-likeness (QED) is 0.479. The summed E-state index contributed by atoms with van der Waals surface area (Å²) in [6, 6.07) is -1.90. The number of carboxylic acids is 1. The zero-order valence-electron chi connectivity index (χ0n) is 11.0. The lowest BCUT2D eigenvalue weighted by molar-refractivity contribution is -0.139. The normalized spacial score (nSPS) is 12.7. The molecular formula is C10H20N2O6S. The van der Waals surface area contributed by atoms with Crippen LogP contribution in [0.4, 0.5) is 4.79 Å². The summed E-state index contributed by atoms with van der Waals surface area (Å²) in [5, 5.41) is 13.5. The molecule has 0 radical (unpaired) electrons. The first kappa shape index (κ1) is 17.6. The van der Waals surface area contributed by atoms with Gasteiger partial charge in [0.1, 0.15) is 15.9 Å². The molecule has 0 spiro atoms. The van der Waals surface area contributed by atoms with Crippen LogP contribution in [-0.2, 0) is 19.4 Å². The van der Waals surface area contributed by atoms with Gasteiger partial charge >= 0.3 is 12.0 Å². The Hall–Kier alpha value is -1.35. The van der Waals surface area contributed by atoms with Gasteiger partial charge in [0.15, 0.2) is 0 Å². The maximum Gasteiger partial charge on any atom is 0.326 e. The third-order valence-corrected chi connectivity index (χ3v) is 3.09. The van der Waals surface area contributed by atoms with Crippen molar-refractivity contribution >= 4 is 21.8 Å². The molecule has 0 fully saturated rings. The summed E-state index contributed by atoms with van der Waals surface area (Å²) in [4.78, 5) is 22.2. The molecule has 0 aromatic rings. The number of carbonyl (C=O) groups excluding carboxylic acids is 1. The fourth-order valence-corrected chi connectivity index (χ4v) is 1.84. The third kappa shape index (κ3) is 10.3. The van der Waals surface area contributed by atoms with Crippen molar-refractivity contribution in [1.29, 1.82) is 0 Å². The first-order valence-corrected chi connectivity index (χ1v) is 7.85. The van der Waals surface area contributed by atoms with Crippen molar-refractivity contribution < 1.29 is 27.9 Å². The van der Waals surface area contributed by atoms with Crippen LogP contribution >= 0.6 is 0 Å². The standard InChI is InChI=1S/C10H20N2O6S/c1-3-18-6-5-11-10(15)12-8(9(13)14)4-7-19(2,16)17/h8H,3-7H2,1-2H3,(H,13,14)(H2,11,12,15). The molecule has 0 aromatic carbocycles.